The van der Waals surface area contributed by atoms with E-state index in [0.29, 0.717) is 30.2 Å². The highest BCUT2D eigenvalue weighted by Gasteiger charge is 2.10. The molecule has 0 aliphatic carbocycles. The fourth-order valence-electron chi connectivity index (χ4n) is 2.92. The summed E-state index contributed by atoms with van der Waals surface area (Å²) >= 11 is 0. The average molecular weight is 493 g/mol. The van der Waals surface area contributed by atoms with Crippen LogP contribution in [0.15, 0.2) is 91.0 Å². The van der Waals surface area contributed by atoms with Gasteiger partial charge in [0, 0.05) is 12.5 Å². The van der Waals surface area contributed by atoms with Gasteiger partial charge in [-0.05, 0) is 54.1 Å². The number of benzene rings is 3. The lowest BCUT2D eigenvalue weighted by atomic mass is 9.92. The van der Waals surface area contributed by atoms with Gasteiger partial charge in [-0.15, -0.1) is 0 Å². The lowest BCUT2D eigenvalue weighted by Gasteiger charge is -2.15. The van der Waals surface area contributed by atoms with Gasteiger partial charge in [0.1, 0.15) is 0 Å². The van der Waals surface area contributed by atoms with Crippen molar-refractivity contribution in [3.63, 3.8) is 0 Å². The van der Waals surface area contributed by atoms with Gasteiger partial charge >= 0.3 is 0 Å². The van der Waals surface area contributed by atoms with Crippen LogP contribution < -0.4 is 22.9 Å². The van der Waals surface area contributed by atoms with Crippen molar-refractivity contribution in [1.82, 2.24) is 0 Å². The third-order valence-corrected chi connectivity index (χ3v) is 5.93. The van der Waals surface area contributed by atoms with E-state index in [1.54, 1.807) is 0 Å². The Labute approximate surface area is 221 Å². The SMILES string of the molecule is CC(C)CN.CC(CN)c1ccccc1.CCC(C)CN.NCC(c1ccccc1)c1ccccc1. The van der Waals surface area contributed by atoms with Crippen LogP contribution in [0.5, 0.6) is 0 Å². The molecule has 0 saturated carbocycles. The molecule has 0 saturated heterocycles. The van der Waals surface area contributed by atoms with Gasteiger partial charge in [-0.3, -0.25) is 0 Å². The minimum Gasteiger partial charge on any atom is -0.330 e. The molecule has 0 fully saturated rings. The highest BCUT2D eigenvalue weighted by Crippen LogP contribution is 2.22. The summed E-state index contributed by atoms with van der Waals surface area (Å²) in [6.45, 7) is 13.6. The Bertz CT molecular complexity index is 794. The van der Waals surface area contributed by atoms with Gasteiger partial charge in [0.2, 0.25) is 0 Å². The smallest absolute Gasteiger partial charge is 0.0212 e. The highest BCUT2D eigenvalue weighted by molar-refractivity contribution is 5.32. The van der Waals surface area contributed by atoms with Crippen LogP contribution in [-0.2, 0) is 0 Å². The van der Waals surface area contributed by atoms with Crippen LogP contribution in [0.2, 0.25) is 0 Å². The van der Waals surface area contributed by atoms with Crippen molar-refractivity contribution in [3.8, 4) is 0 Å². The third kappa shape index (κ3) is 15.5. The summed E-state index contributed by atoms with van der Waals surface area (Å²) in [6, 6.07) is 31.1. The van der Waals surface area contributed by atoms with E-state index in [9.17, 15) is 0 Å². The average Bonchev–Trinajstić information content (AvgIpc) is 2.95. The fourth-order valence-corrected chi connectivity index (χ4v) is 2.92. The summed E-state index contributed by atoms with van der Waals surface area (Å²) < 4.78 is 0. The first kappa shape index (κ1) is 33.5. The largest absolute Gasteiger partial charge is 0.330 e. The molecule has 4 heteroatoms. The molecule has 2 atom stereocenters. The molecule has 3 aromatic rings. The normalized spacial score (nSPS) is 11.8. The van der Waals surface area contributed by atoms with Gasteiger partial charge in [-0.2, -0.15) is 0 Å². The molecule has 0 radical (unpaired) electrons. The van der Waals surface area contributed by atoms with Crippen molar-refractivity contribution < 1.29 is 0 Å². The van der Waals surface area contributed by atoms with Gasteiger partial charge in [0.25, 0.3) is 0 Å². The maximum atomic E-state index is 5.84. The van der Waals surface area contributed by atoms with Crippen molar-refractivity contribution in [3.05, 3.63) is 108 Å². The fraction of sp³-hybridized carbons (Fsp3) is 0.438. The first-order chi connectivity index (χ1) is 17.3. The van der Waals surface area contributed by atoms with E-state index in [4.69, 9.17) is 22.9 Å². The summed E-state index contributed by atoms with van der Waals surface area (Å²) in [5, 5.41) is 0. The van der Waals surface area contributed by atoms with Gasteiger partial charge in [0.05, 0.1) is 0 Å². The van der Waals surface area contributed by atoms with Gasteiger partial charge in [-0.1, -0.05) is 132 Å². The molecule has 0 bridgehead atoms. The van der Waals surface area contributed by atoms with Crippen molar-refractivity contribution in [2.45, 2.75) is 52.9 Å². The van der Waals surface area contributed by atoms with Crippen LogP contribution in [0.3, 0.4) is 0 Å². The molecule has 36 heavy (non-hydrogen) atoms. The Balaban J connectivity index is 0.000000505. The summed E-state index contributed by atoms with van der Waals surface area (Å²) in [5.74, 6) is 2.17. The van der Waals surface area contributed by atoms with Crippen molar-refractivity contribution in [1.29, 1.82) is 0 Å². The molecule has 4 nitrogen and oxygen atoms in total. The Morgan fingerprint density at radius 1 is 0.500 bits per heavy atom. The van der Waals surface area contributed by atoms with Crippen molar-refractivity contribution in [2.75, 3.05) is 26.2 Å². The van der Waals surface area contributed by atoms with Gasteiger partial charge in [-0.25, -0.2) is 0 Å². The first-order valence-corrected chi connectivity index (χ1v) is 13.3. The quantitative estimate of drug-likeness (QED) is 0.304. The lowest BCUT2D eigenvalue weighted by Crippen LogP contribution is -2.13. The minimum absolute atomic E-state index is 0.312. The maximum absolute atomic E-state index is 5.84. The molecule has 2 unspecified atom stereocenters. The van der Waals surface area contributed by atoms with Crippen LogP contribution in [0, 0.1) is 11.8 Å². The topological polar surface area (TPSA) is 104 Å². The molecule has 200 valence electrons. The maximum Gasteiger partial charge on any atom is 0.0212 e. The summed E-state index contributed by atoms with van der Waals surface area (Å²) in [6.07, 6.45) is 1.20. The predicted octanol–water partition coefficient (Wildman–Crippen LogP) is 6.12. The minimum atomic E-state index is 0.312. The van der Waals surface area contributed by atoms with E-state index >= 15 is 0 Å². The lowest BCUT2D eigenvalue weighted by molar-refractivity contribution is 0.576. The summed E-state index contributed by atoms with van der Waals surface area (Å²) in [7, 11) is 0. The van der Waals surface area contributed by atoms with Crippen LogP contribution in [0.25, 0.3) is 0 Å². The summed E-state index contributed by atoms with van der Waals surface area (Å²) in [5.41, 5.74) is 25.7. The van der Waals surface area contributed by atoms with E-state index in [-0.39, 0.29) is 0 Å². The Morgan fingerprint density at radius 3 is 1.08 bits per heavy atom. The molecule has 0 aliphatic rings. The predicted molar refractivity (Wildman–Crippen MR) is 160 cm³/mol. The van der Waals surface area contributed by atoms with Crippen LogP contribution in [0.4, 0.5) is 0 Å². The van der Waals surface area contributed by atoms with E-state index in [1.165, 1.54) is 23.1 Å². The molecule has 0 spiro atoms. The second kappa shape index (κ2) is 21.8. The first-order valence-electron chi connectivity index (χ1n) is 13.3. The molecule has 0 amide bonds. The van der Waals surface area contributed by atoms with Crippen LogP contribution >= 0.6 is 0 Å². The molecule has 0 aromatic heterocycles. The monoisotopic (exact) mass is 492 g/mol. The highest BCUT2D eigenvalue weighted by atomic mass is 14.6. The third-order valence-electron chi connectivity index (χ3n) is 5.93. The molecular formula is C32H52N4. The van der Waals surface area contributed by atoms with Crippen molar-refractivity contribution >= 4 is 0 Å². The molecule has 0 aliphatic heterocycles. The van der Waals surface area contributed by atoms with E-state index < -0.39 is 0 Å². The Hall–Kier alpha value is -2.50. The van der Waals surface area contributed by atoms with Crippen molar-refractivity contribution in [2.24, 2.45) is 34.8 Å². The van der Waals surface area contributed by atoms with E-state index in [2.05, 4.69) is 95.3 Å². The zero-order valence-electron chi connectivity index (χ0n) is 23.3. The van der Waals surface area contributed by atoms with Crippen LogP contribution in [0.1, 0.15) is 69.6 Å². The second-order valence-corrected chi connectivity index (χ2v) is 9.54. The van der Waals surface area contributed by atoms with Crippen LogP contribution in [-0.4, -0.2) is 26.2 Å². The van der Waals surface area contributed by atoms with E-state index in [1.807, 2.05) is 30.3 Å². The Kier molecular flexibility index (Phi) is 20.2. The standard InChI is InChI=1S/C14H15N.C9H13N.C5H13N.C4H11N/c15-11-14(12-7-3-1-4-8-12)13-9-5-2-6-10-13;1-8(7-10)9-5-3-2-4-6-9;1-3-5(2)4-6;1-4(2)3-5/h1-10,14H,11,15H2;2-6,8H,7,10H2,1H3;5H,3-4,6H2,1-2H3;4H,3,5H2,1-2H3. The molecule has 0 heterocycles. The van der Waals surface area contributed by atoms with E-state index in [0.717, 1.165) is 19.6 Å². The Morgan fingerprint density at radius 2 is 0.861 bits per heavy atom. The molecular weight excluding hydrogens is 440 g/mol. The summed E-state index contributed by atoms with van der Waals surface area (Å²) in [4.78, 5) is 0. The number of hydrogen-bond donors (Lipinski definition) is 4. The number of rotatable bonds is 8. The number of hydrogen-bond acceptors (Lipinski definition) is 4. The zero-order valence-corrected chi connectivity index (χ0v) is 23.3. The van der Waals surface area contributed by atoms with Gasteiger partial charge < -0.3 is 22.9 Å². The molecule has 3 rings (SSSR count). The molecule has 8 N–H and O–H groups in total. The zero-order chi connectivity index (χ0) is 27.2. The number of nitrogens with two attached hydrogens (primary N) is 4. The second-order valence-electron chi connectivity index (χ2n) is 9.54. The molecule has 3 aromatic carbocycles. The van der Waals surface area contributed by atoms with Gasteiger partial charge in [0.15, 0.2) is 0 Å².